The van der Waals surface area contributed by atoms with Gasteiger partial charge in [-0.05, 0) is 135 Å². The minimum atomic E-state index is -1.53. The summed E-state index contributed by atoms with van der Waals surface area (Å²) in [6.45, 7) is 4.59. The zero-order valence-electron chi connectivity index (χ0n) is 58.4. The summed E-state index contributed by atoms with van der Waals surface area (Å²) in [6.07, 6.45) is 104. The van der Waals surface area contributed by atoms with E-state index >= 15 is 0 Å². The van der Waals surface area contributed by atoms with Gasteiger partial charge >= 0.3 is 17.9 Å². The molecule has 0 aliphatic carbocycles. The summed E-state index contributed by atoms with van der Waals surface area (Å²) in [5, 5.41) is 9.75. The highest BCUT2D eigenvalue weighted by molar-refractivity contribution is 5.71. The first-order chi connectivity index (χ1) is 44.6. The summed E-state index contributed by atoms with van der Waals surface area (Å²) in [4.78, 5) is 37.6. The molecule has 0 saturated heterocycles. The molecule has 0 radical (unpaired) electrons. The van der Waals surface area contributed by atoms with Crippen molar-refractivity contribution in [3.05, 3.63) is 182 Å². The molecule has 0 amide bonds. The maximum atomic E-state index is 12.9. The molecule has 91 heavy (non-hydrogen) atoms. The number of unbranched alkanes of at least 4 members (excludes halogenated alkanes) is 19. The summed E-state index contributed by atoms with van der Waals surface area (Å²) in [5.74, 6) is -2.08. The number of carbonyl (C=O) groups excluding carboxylic acids is 2. The highest BCUT2D eigenvalue weighted by Crippen LogP contribution is 2.16. The highest BCUT2D eigenvalue weighted by atomic mass is 16.7. The van der Waals surface area contributed by atoms with Crippen LogP contribution < -0.4 is 0 Å². The molecule has 0 heterocycles. The molecule has 512 valence electrons. The van der Waals surface area contributed by atoms with E-state index in [4.69, 9.17) is 18.9 Å². The minimum Gasteiger partial charge on any atom is -0.477 e. The number of hydrogen-bond acceptors (Lipinski definition) is 7. The standard InChI is InChI=1S/C82H131NO8/c1-6-8-10-12-14-16-18-20-22-24-26-28-30-32-34-36-38-40-42-44-46-48-50-52-54-56-58-60-62-64-66-68-70-72-79(84)89-76-78(77-90-82(81(86)87)88-75-74-83(3,4)5)91-80(85)73-71-69-67-65-63-61-59-57-55-53-51-49-47-45-43-41-39-37-35-33-31-29-27-25-23-21-19-17-15-13-11-9-7-2/h8-11,14-17,20-23,26-29,32-35,39,41,45,47,51,53,57,59,63,65,78,82H,6-7,12-13,18-19,24-25,30-31,36-38,40,42-44,46,48-50,52,54-56,58,60-62,64,66-77H2,1-5H3/p+1/b10-8-,11-9-,16-14-,17-15-,22-20-,23-21-,28-26-,29-27-,34-32-,35-33-,41-39-,47-45-,53-51-,59-57-,65-63-. The van der Waals surface area contributed by atoms with Crippen molar-refractivity contribution in [1.82, 2.24) is 0 Å². The first-order valence-electron chi connectivity index (χ1n) is 35.9. The molecule has 0 aromatic heterocycles. The summed E-state index contributed by atoms with van der Waals surface area (Å²) in [6, 6.07) is 0. The molecule has 0 aliphatic rings. The fraction of sp³-hybridized carbons (Fsp3) is 0.598. The number of carboxylic acid groups (broad SMARTS) is 1. The highest BCUT2D eigenvalue weighted by Gasteiger charge is 2.25. The molecule has 9 nitrogen and oxygen atoms in total. The lowest BCUT2D eigenvalue weighted by molar-refractivity contribution is -0.870. The smallest absolute Gasteiger partial charge is 0.361 e. The van der Waals surface area contributed by atoms with Crippen molar-refractivity contribution in [2.75, 3.05) is 47.5 Å². The lowest BCUT2D eigenvalue weighted by atomic mass is 10.0. The van der Waals surface area contributed by atoms with Crippen LogP contribution in [0.2, 0.25) is 0 Å². The van der Waals surface area contributed by atoms with Crippen LogP contribution in [0.5, 0.6) is 0 Å². The molecule has 0 aromatic rings. The molecule has 0 aliphatic heterocycles. The quantitative estimate of drug-likeness (QED) is 0.0211. The second-order valence-corrected chi connectivity index (χ2v) is 24.4. The zero-order valence-corrected chi connectivity index (χ0v) is 58.4. The van der Waals surface area contributed by atoms with Crippen molar-refractivity contribution in [3.8, 4) is 0 Å². The summed E-state index contributed by atoms with van der Waals surface area (Å²) in [5.41, 5.74) is 0. The van der Waals surface area contributed by atoms with Crippen LogP contribution in [0.3, 0.4) is 0 Å². The summed E-state index contributed by atoms with van der Waals surface area (Å²) < 4.78 is 22.9. The van der Waals surface area contributed by atoms with Crippen LogP contribution in [0.25, 0.3) is 0 Å². The van der Waals surface area contributed by atoms with Gasteiger partial charge in [-0.15, -0.1) is 0 Å². The van der Waals surface area contributed by atoms with Gasteiger partial charge < -0.3 is 28.5 Å². The molecule has 0 saturated carbocycles. The number of aliphatic carboxylic acids is 1. The molecule has 0 rings (SSSR count). The first-order valence-corrected chi connectivity index (χ1v) is 35.9. The van der Waals surface area contributed by atoms with Crippen LogP contribution in [0.4, 0.5) is 0 Å². The number of rotatable bonds is 64. The number of esters is 2. The van der Waals surface area contributed by atoms with Gasteiger partial charge in [-0.3, -0.25) is 9.59 Å². The van der Waals surface area contributed by atoms with Crippen molar-refractivity contribution in [2.24, 2.45) is 0 Å². The predicted octanol–water partition coefficient (Wildman–Crippen LogP) is 22.8. The summed E-state index contributed by atoms with van der Waals surface area (Å²) in [7, 11) is 5.95. The third-order valence-corrected chi connectivity index (χ3v) is 14.7. The second-order valence-electron chi connectivity index (χ2n) is 24.4. The number of allylic oxidation sites excluding steroid dienone is 30. The number of hydrogen-bond donors (Lipinski definition) is 1. The SMILES string of the molecule is CC/C=C\C/C=C\C/C=C\C/C=C\C/C=C\C/C=C\C/C=C\C/C=C\C/C=C\C/C=C\CCCCC(=O)OC(COC(=O)CCCCCCCCCCCCCCCCCCC/C=C\C/C=C\C/C=C\C/C=C\C/C=C\CC)COC(OCC[N+](C)(C)C)C(=O)O. The van der Waals surface area contributed by atoms with Gasteiger partial charge in [0.15, 0.2) is 6.10 Å². The Morgan fingerprint density at radius 2 is 0.593 bits per heavy atom. The molecule has 2 atom stereocenters. The minimum absolute atomic E-state index is 0.170. The summed E-state index contributed by atoms with van der Waals surface area (Å²) >= 11 is 0. The van der Waals surface area contributed by atoms with Gasteiger partial charge in [-0.1, -0.05) is 292 Å². The maximum absolute atomic E-state index is 12.9. The second kappa shape index (κ2) is 70.3. The Balaban J connectivity index is 4.23. The average molecular weight is 1260 g/mol. The molecule has 0 spiro atoms. The normalized spacial score (nSPS) is 13.8. The van der Waals surface area contributed by atoms with Gasteiger partial charge in [-0.2, -0.15) is 0 Å². The molecular weight excluding hydrogens is 1130 g/mol. The van der Waals surface area contributed by atoms with Gasteiger partial charge in [0, 0.05) is 12.8 Å². The van der Waals surface area contributed by atoms with Crippen molar-refractivity contribution in [1.29, 1.82) is 0 Å². The molecule has 0 fully saturated rings. The van der Waals surface area contributed by atoms with E-state index in [2.05, 4.69) is 196 Å². The van der Waals surface area contributed by atoms with E-state index in [1.807, 2.05) is 21.1 Å². The van der Waals surface area contributed by atoms with Crippen molar-refractivity contribution < 1.29 is 42.9 Å². The van der Waals surface area contributed by atoms with Crippen LogP contribution in [-0.2, 0) is 33.3 Å². The number of likely N-dealkylation sites (N-methyl/N-ethyl adjacent to an activating group) is 1. The molecule has 2 unspecified atom stereocenters. The van der Waals surface area contributed by atoms with Crippen LogP contribution in [0.15, 0.2) is 182 Å². The largest absolute Gasteiger partial charge is 0.477 e. The van der Waals surface area contributed by atoms with Gasteiger partial charge in [0.2, 0.25) is 0 Å². The van der Waals surface area contributed by atoms with Crippen LogP contribution in [0, 0.1) is 0 Å². The molecular formula is C82H132NO8+. The number of nitrogens with zero attached hydrogens (tertiary/aromatic N) is 1. The third kappa shape index (κ3) is 71.7. The maximum Gasteiger partial charge on any atom is 0.361 e. The Labute approximate surface area is 558 Å². The van der Waals surface area contributed by atoms with Crippen molar-refractivity contribution >= 4 is 17.9 Å². The van der Waals surface area contributed by atoms with Crippen molar-refractivity contribution in [3.63, 3.8) is 0 Å². The van der Waals surface area contributed by atoms with E-state index in [-0.39, 0.29) is 38.6 Å². The van der Waals surface area contributed by atoms with Crippen molar-refractivity contribution in [2.45, 2.75) is 270 Å². The van der Waals surface area contributed by atoms with E-state index in [9.17, 15) is 19.5 Å². The topological polar surface area (TPSA) is 108 Å². The molecule has 0 bridgehead atoms. The monoisotopic (exact) mass is 1260 g/mol. The van der Waals surface area contributed by atoms with Gasteiger partial charge in [0.1, 0.15) is 13.2 Å². The third-order valence-electron chi connectivity index (χ3n) is 14.7. The Kier molecular flexibility index (Phi) is 65.9. The average Bonchev–Trinajstić information content (AvgIpc) is 3.46. The lowest BCUT2D eigenvalue weighted by Crippen LogP contribution is -2.40. The number of carboxylic acids is 1. The first kappa shape index (κ1) is 85.4. The Hall–Kier alpha value is -5.61. The molecule has 9 heteroatoms. The number of carbonyl (C=O) groups is 3. The molecule has 0 aromatic carbocycles. The fourth-order valence-electron chi connectivity index (χ4n) is 9.25. The van der Waals surface area contributed by atoms with Crippen LogP contribution in [-0.4, -0.2) is 87.4 Å². The Morgan fingerprint density at radius 1 is 0.330 bits per heavy atom. The van der Waals surface area contributed by atoms with Crippen LogP contribution in [0.1, 0.15) is 258 Å². The number of ether oxygens (including phenoxy) is 4. The van der Waals surface area contributed by atoms with Crippen LogP contribution >= 0.6 is 0 Å². The number of quaternary nitrogens is 1. The Morgan fingerprint density at radius 3 is 0.901 bits per heavy atom. The van der Waals surface area contributed by atoms with E-state index in [1.165, 1.54) is 96.3 Å². The van der Waals surface area contributed by atoms with Gasteiger partial charge in [0.05, 0.1) is 34.4 Å². The zero-order chi connectivity index (χ0) is 66.1. The molecule has 1 N–H and O–H groups in total. The van der Waals surface area contributed by atoms with E-state index in [0.717, 1.165) is 128 Å². The predicted molar refractivity (Wildman–Crippen MR) is 391 cm³/mol. The van der Waals surface area contributed by atoms with E-state index < -0.39 is 24.3 Å². The Bertz CT molecular complexity index is 2150. The van der Waals surface area contributed by atoms with E-state index in [0.29, 0.717) is 17.4 Å². The van der Waals surface area contributed by atoms with E-state index in [1.54, 1.807) is 0 Å². The fourth-order valence-corrected chi connectivity index (χ4v) is 9.25. The lowest BCUT2D eigenvalue weighted by Gasteiger charge is -2.25. The van der Waals surface area contributed by atoms with Gasteiger partial charge in [-0.25, -0.2) is 4.79 Å². The van der Waals surface area contributed by atoms with Gasteiger partial charge in [0.25, 0.3) is 6.29 Å².